The molecule has 0 aromatic carbocycles. The molecule has 0 amide bonds. The molecule has 4 heteroatoms. The number of thiophene rings is 1. The Balaban J connectivity index is 1.99. The Morgan fingerprint density at radius 2 is 2.21 bits per heavy atom. The van der Waals surface area contributed by atoms with Crippen molar-refractivity contribution in [2.24, 2.45) is 0 Å². The van der Waals surface area contributed by atoms with Crippen LogP contribution >= 0.6 is 27.3 Å². The zero-order valence-electron chi connectivity index (χ0n) is 8.13. The zero-order chi connectivity index (χ0) is 10.2. The fourth-order valence-corrected chi connectivity index (χ4v) is 2.64. The van der Waals surface area contributed by atoms with Crippen molar-refractivity contribution >= 4 is 27.3 Å². The molecule has 1 aromatic rings. The Morgan fingerprint density at radius 3 is 2.86 bits per heavy atom. The summed E-state index contributed by atoms with van der Waals surface area (Å²) in [5.74, 6) is 0. The van der Waals surface area contributed by atoms with Gasteiger partial charge in [-0.1, -0.05) is 0 Å². The van der Waals surface area contributed by atoms with Crippen LogP contribution in [0.5, 0.6) is 0 Å². The van der Waals surface area contributed by atoms with Crippen LogP contribution in [0.15, 0.2) is 15.9 Å². The van der Waals surface area contributed by atoms with Gasteiger partial charge in [-0.25, -0.2) is 0 Å². The van der Waals surface area contributed by atoms with E-state index in [0.717, 1.165) is 32.4 Å². The summed E-state index contributed by atoms with van der Waals surface area (Å²) >= 11 is 5.23. The van der Waals surface area contributed by atoms with Crippen LogP contribution in [0, 0.1) is 0 Å². The van der Waals surface area contributed by atoms with Gasteiger partial charge in [0.25, 0.3) is 0 Å². The third-order valence-electron chi connectivity index (χ3n) is 1.93. The molecule has 0 aliphatic carbocycles. The zero-order valence-corrected chi connectivity index (χ0v) is 10.5. The van der Waals surface area contributed by atoms with Crippen molar-refractivity contribution in [3.63, 3.8) is 0 Å². The van der Waals surface area contributed by atoms with E-state index in [1.54, 1.807) is 11.3 Å². The summed E-state index contributed by atoms with van der Waals surface area (Å²) in [6.45, 7) is 2.34. The number of aliphatic hydroxyl groups excluding tert-OH is 1. The first-order valence-corrected chi connectivity index (χ1v) is 6.54. The van der Waals surface area contributed by atoms with E-state index in [9.17, 15) is 0 Å². The molecule has 1 aromatic heterocycles. The highest BCUT2D eigenvalue weighted by Crippen LogP contribution is 2.19. The van der Waals surface area contributed by atoms with Crippen LogP contribution in [0.1, 0.15) is 17.7 Å². The van der Waals surface area contributed by atoms with Gasteiger partial charge in [0, 0.05) is 21.3 Å². The van der Waals surface area contributed by atoms with Crippen LogP contribution in [-0.2, 0) is 6.42 Å². The van der Waals surface area contributed by atoms with E-state index in [-0.39, 0.29) is 0 Å². The minimum Gasteiger partial charge on any atom is -0.396 e. The van der Waals surface area contributed by atoms with Crippen molar-refractivity contribution in [1.29, 1.82) is 0 Å². The molecule has 2 N–H and O–H groups in total. The lowest BCUT2D eigenvalue weighted by molar-refractivity contribution is 0.284. The van der Waals surface area contributed by atoms with Gasteiger partial charge >= 0.3 is 0 Å². The van der Waals surface area contributed by atoms with Crippen molar-refractivity contribution < 1.29 is 5.11 Å². The fraction of sp³-hybridized carbons (Fsp3) is 0.600. The lowest BCUT2D eigenvalue weighted by atomic mass is 10.3. The Morgan fingerprint density at radius 1 is 1.36 bits per heavy atom. The third-order valence-corrected chi connectivity index (χ3v) is 3.69. The normalized spacial score (nSPS) is 10.7. The summed E-state index contributed by atoms with van der Waals surface area (Å²) in [5, 5.41) is 14.0. The molecule has 0 aliphatic rings. The number of rotatable bonds is 7. The van der Waals surface area contributed by atoms with Crippen molar-refractivity contribution in [3.05, 3.63) is 20.8 Å². The first-order valence-electron chi connectivity index (χ1n) is 4.87. The SMILES string of the molecule is OCCCCNCCc1cc(Br)cs1. The van der Waals surface area contributed by atoms with Crippen LogP contribution in [0.3, 0.4) is 0 Å². The predicted molar refractivity (Wildman–Crippen MR) is 64.9 cm³/mol. The van der Waals surface area contributed by atoms with Gasteiger partial charge in [-0.3, -0.25) is 0 Å². The molecule has 2 nitrogen and oxygen atoms in total. The molecular weight excluding hydrogens is 262 g/mol. The second kappa shape index (κ2) is 7.40. The van der Waals surface area contributed by atoms with E-state index >= 15 is 0 Å². The maximum Gasteiger partial charge on any atom is 0.0431 e. The van der Waals surface area contributed by atoms with Gasteiger partial charge in [0.05, 0.1) is 0 Å². The minimum atomic E-state index is 0.305. The molecule has 0 atom stereocenters. The smallest absolute Gasteiger partial charge is 0.0431 e. The third kappa shape index (κ3) is 5.10. The topological polar surface area (TPSA) is 32.3 Å². The van der Waals surface area contributed by atoms with E-state index < -0.39 is 0 Å². The molecular formula is C10H16BrNOS. The lowest BCUT2D eigenvalue weighted by Crippen LogP contribution is -2.18. The van der Waals surface area contributed by atoms with E-state index in [2.05, 4.69) is 32.7 Å². The van der Waals surface area contributed by atoms with Crippen LogP contribution in [-0.4, -0.2) is 24.8 Å². The van der Waals surface area contributed by atoms with Crippen molar-refractivity contribution in [2.75, 3.05) is 19.7 Å². The molecule has 0 saturated heterocycles. The predicted octanol–water partition coefficient (Wildman–Crippen LogP) is 2.42. The Labute approximate surface area is 97.5 Å². The molecule has 80 valence electrons. The molecule has 1 rings (SSSR count). The first kappa shape index (κ1) is 12.2. The highest BCUT2D eigenvalue weighted by Gasteiger charge is 1.96. The molecule has 14 heavy (non-hydrogen) atoms. The molecule has 1 heterocycles. The maximum absolute atomic E-state index is 8.57. The van der Waals surface area contributed by atoms with Gasteiger partial charge in [0.15, 0.2) is 0 Å². The maximum atomic E-state index is 8.57. The molecule has 0 spiro atoms. The Hall–Kier alpha value is 0.1000. The van der Waals surface area contributed by atoms with E-state index in [1.165, 1.54) is 9.35 Å². The largest absolute Gasteiger partial charge is 0.396 e. The molecule has 0 unspecified atom stereocenters. The Bertz CT molecular complexity index is 252. The highest BCUT2D eigenvalue weighted by molar-refractivity contribution is 9.10. The van der Waals surface area contributed by atoms with Crippen LogP contribution in [0.4, 0.5) is 0 Å². The number of aliphatic hydroxyl groups is 1. The summed E-state index contributed by atoms with van der Waals surface area (Å²) in [4.78, 5) is 1.41. The summed E-state index contributed by atoms with van der Waals surface area (Å²) in [6, 6.07) is 2.17. The first-order chi connectivity index (χ1) is 6.83. The van der Waals surface area contributed by atoms with Gasteiger partial charge in [-0.15, -0.1) is 11.3 Å². The van der Waals surface area contributed by atoms with Gasteiger partial charge < -0.3 is 10.4 Å². The highest BCUT2D eigenvalue weighted by atomic mass is 79.9. The molecule has 0 bridgehead atoms. The monoisotopic (exact) mass is 277 g/mol. The summed E-state index contributed by atoms with van der Waals surface area (Å²) < 4.78 is 1.18. The van der Waals surface area contributed by atoms with Gasteiger partial charge in [-0.05, 0) is 54.3 Å². The fourth-order valence-electron chi connectivity index (χ4n) is 1.18. The second-order valence-electron chi connectivity index (χ2n) is 3.16. The molecule has 0 aliphatic heterocycles. The minimum absolute atomic E-state index is 0.305. The van der Waals surface area contributed by atoms with E-state index in [4.69, 9.17) is 5.11 Å². The van der Waals surface area contributed by atoms with Crippen LogP contribution in [0.2, 0.25) is 0 Å². The second-order valence-corrected chi connectivity index (χ2v) is 5.07. The average molecular weight is 278 g/mol. The summed E-state index contributed by atoms with van der Waals surface area (Å²) in [6.07, 6.45) is 3.05. The number of unbranched alkanes of at least 4 members (excludes halogenated alkanes) is 1. The average Bonchev–Trinajstić information content (AvgIpc) is 2.58. The molecule has 0 saturated carbocycles. The van der Waals surface area contributed by atoms with Crippen molar-refractivity contribution in [2.45, 2.75) is 19.3 Å². The number of halogens is 1. The molecule has 0 radical (unpaired) electrons. The van der Waals surface area contributed by atoms with Crippen LogP contribution in [0.25, 0.3) is 0 Å². The van der Waals surface area contributed by atoms with Gasteiger partial charge in [0.2, 0.25) is 0 Å². The standard InChI is InChI=1S/C10H16BrNOS/c11-9-7-10(14-8-9)3-5-12-4-1-2-6-13/h7-8,12-13H,1-6H2. The van der Waals surface area contributed by atoms with Crippen molar-refractivity contribution in [1.82, 2.24) is 5.32 Å². The van der Waals surface area contributed by atoms with E-state index in [0.29, 0.717) is 6.61 Å². The van der Waals surface area contributed by atoms with E-state index in [1.807, 2.05) is 0 Å². The molecule has 0 fully saturated rings. The van der Waals surface area contributed by atoms with Crippen LogP contribution < -0.4 is 5.32 Å². The number of hydrogen-bond acceptors (Lipinski definition) is 3. The number of nitrogens with one attached hydrogen (secondary N) is 1. The van der Waals surface area contributed by atoms with Crippen molar-refractivity contribution in [3.8, 4) is 0 Å². The van der Waals surface area contributed by atoms with Gasteiger partial charge in [-0.2, -0.15) is 0 Å². The Kier molecular flexibility index (Phi) is 6.43. The quantitative estimate of drug-likeness (QED) is 0.751. The summed E-state index contributed by atoms with van der Waals surface area (Å²) in [5.41, 5.74) is 0. The van der Waals surface area contributed by atoms with Gasteiger partial charge in [0.1, 0.15) is 0 Å². The summed E-state index contributed by atoms with van der Waals surface area (Å²) in [7, 11) is 0. The number of hydrogen-bond donors (Lipinski definition) is 2. The lowest BCUT2D eigenvalue weighted by Gasteiger charge is -2.01.